The van der Waals surface area contributed by atoms with Crippen LogP contribution in [0.1, 0.15) is 27.6 Å². The molecule has 2 amide bonds. The van der Waals surface area contributed by atoms with Crippen LogP contribution in [0.15, 0.2) is 37.6 Å². The Morgan fingerprint density at radius 2 is 2.10 bits per heavy atom. The van der Waals surface area contributed by atoms with Crippen LogP contribution in [0.4, 0.5) is 0 Å². The third kappa shape index (κ3) is 3.98. The third-order valence-corrected chi connectivity index (χ3v) is 5.92. The molecule has 3 aromatic rings. The molecule has 0 bridgehead atoms. The first-order valence-electron chi connectivity index (χ1n) is 9.93. The number of nitrogens with zero attached hydrogens (tertiary/aromatic N) is 4. The van der Waals surface area contributed by atoms with Crippen molar-refractivity contribution < 1.29 is 9.59 Å². The highest BCUT2D eigenvalue weighted by molar-refractivity contribution is 6.32. The molecule has 1 fully saturated rings. The summed E-state index contributed by atoms with van der Waals surface area (Å²) < 4.78 is 1.80. The minimum absolute atomic E-state index is 0.0583. The number of imidazole rings is 1. The summed E-state index contributed by atoms with van der Waals surface area (Å²) in [6.07, 6.45) is 5.90. The number of aromatic nitrogens is 4. The fraction of sp³-hybridized carbons (Fsp3) is 0.273. The Bertz CT molecular complexity index is 1190. The van der Waals surface area contributed by atoms with E-state index in [2.05, 4.69) is 33.7 Å². The van der Waals surface area contributed by atoms with Gasteiger partial charge in [-0.25, -0.2) is 4.98 Å². The molecular weight excluding hydrogens is 416 g/mol. The molecule has 4 rings (SSSR count). The zero-order valence-electron chi connectivity index (χ0n) is 17.2. The molecule has 1 saturated heterocycles. The second-order valence-electron chi connectivity index (χ2n) is 7.53. The number of carbonyl (C=O) groups is 2. The molecule has 3 heterocycles. The predicted octanol–water partition coefficient (Wildman–Crippen LogP) is 2.50. The van der Waals surface area contributed by atoms with Crippen LogP contribution in [-0.2, 0) is 24.7 Å². The normalized spacial score (nSPS) is 13.8. The van der Waals surface area contributed by atoms with Crippen LogP contribution in [0, 0.1) is 0 Å². The van der Waals surface area contributed by atoms with E-state index in [9.17, 15) is 9.59 Å². The van der Waals surface area contributed by atoms with Crippen molar-refractivity contribution in [2.24, 2.45) is 7.05 Å². The lowest BCUT2D eigenvalue weighted by atomic mass is 10.1. The number of H-pyrrole nitrogens is 1. The molecule has 0 atom stereocenters. The average Bonchev–Trinajstić information content (AvgIpc) is 3.30. The van der Waals surface area contributed by atoms with Crippen molar-refractivity contribution in [1.29, 1.82) is 0 Å². The van der Waals surface area contributed by atoms with Gasteiger partial charge in [0.05, 0.1) is 22.8 Å². The monoisotopic (exact) mass is 438 g/mol. The molecule has 0 aliphatic carbocycles. The van der Waals surface area contributed by atoms with Crippen LogP contribution in [0.25, 0.3) is 17.0 Å². The lowest BCUT2D eigenvalue weighted by Crippen LogP contribution is -2.60. The Kier molecular flexibility index (Phi) is 5.65. The van der Waals surface area contributed by atoms with E-state index < -0.39 is 0 Å². The van der Waals surface area contributed by atoms with Crippen LogP contribution in [-0.4, -0.2) is 55.6 Å². The summed E-state index contributed by atoms with van der Waals surface area (Å²) in [4.78, 5) is 30.2. The summed E-state index contributed by atoms with van der Waals surface area (Å²) in [5, 5.41) is 12.0. The van der Waals surface area contributed by atoms with Crippen molar-refractivity contribution in [2.45, 2.75) is 18.9 Å². The van der Waals surface area contributed by atoms with E-state index in [1.807, 2.05) is 19.2 Å². The van der Waals surface area contributed by atoms with Gasteiger partial charge in [0.1, 0.15) is 11.5 Å². The van der Waals surface area contributed by atoms with Gasteiger partial charge in [-0.15, -0.1) is 0 Å². The summed E-state index contributed by atoms with van der Waals surface area (Å²) in [6, 6.07) is 3.73. The van der Waals surface area contributed by atoms with E-state index in [4.69, 9.17) is 11.6 Å². The Balaban J connectivity index is 1.40. The van der Waals surface area contributed by atoms with Gasteiger partial charge in [-0.2, -0.15) is 5.10 Å². The number of benzene rings is 1. The van der Waals surface area contributed by atoms with Crippen LogP contribution < -0.4 is 5.32 Å². The number of hydrogen-bond donors (Lipinski definition) is 2. The number of likely N-dealkylation sites (tertiary alicyclic amines) is 1. The predicted molar refractivity (Wildman–Crippen MR) is 120 cm³/mol. The van der Waals surface area contributed by atoms with Crippen LogP contribution >= 0.6 is 11.6 Å². The molecule has 0 radical (unpaired) electrons. The summed E-state index contributed by atoms with van der Waals surface area (Å²) in [5.41, 5.74) is 3.12. The van der Waals surface area contributed by atoms with Crippen LogP contribution in [0.2, 0.25) is 5.02 Å². The fourth-order valence-electron chi connectivity index (χ4n) is 3.71. The molecule has 0 saturated carbocycles. The molecule has 1 aliphatic heterocycles. The largest absolute Gasteiger partial charge is 0.344 e. The van der Waals surface area contributed by atoms with E-state index in [-0.39, 0.29) is 17.9 Å². The van der Waals surface area contributed by atoms with Gasteiger partial charge in [0.25, 0.3) is 5.91 Å². The summed E-state index contributed by atoms with van der Waals surface area (Å²) in [6.45, 7) is 8.25. The number of aryl methyl sites for hydroxylation is 2. The highest BCUT2D eigenvalue weighted by atomic mass is 35.5. The molecule has 0 spiro atoms. The molecule has 160 valence electrons. The Morgan fingerprint density at radius 1 is 1.32 bits per heavy atom. The van der Waals surface area contributed by atoms with Crippen LogP contribution in [0.3, 0.4) is 0 Å². The minimum Gasteiger partial charge on any atom is -0.344 e. The molecule has 1 aliphatic rings. The van der Waals surface area contributed by atoms with Gasteiger partial charge in [0.15, 0.2) is 0 Å². The number of amides is 2. The minimum atomic E-state index is -0.200. The quantitative estimate of drug-likeness (QED) is 0.554. The number of nitrogens with one attached hydrogen (secondary N) is 2. The number of carbonyl (C=O) groups excluding carboxylic acids is 2. The Morgan fingerprint density at radius 3 is 2.81 bits per heavy atom. The molecule has 0 unspecified atom stereocenters. The SMILES string of the molecule is C=CC(=O)N1CC(NC(=O)c2cnc(CCc3[nH]nc4cc(Cl)c(C=C)cc34)n2C)C1. The maximum absolute atomic E-state index is 12.6. The van der Waals surface area contributed by atoms with Crippen molar-refractivity contribution in [2.75, 3.05) is 13.1 Å². The Hall–Kier alpha value is -3.39. The van der Waals surface area contributed by atoms with E-state index in [1.54, 1.807) is 21.7 Å². The number of rotatable bonds is 7. The second-order valence-corrected chi connectivity index (χ2v) is 7.94. The van der Waals surface area contributed by atoms with E-state index in [1.165, 1.54) is 6.08 Å². The summed E-state index contributed by atoms with van der Waals surface area (Å²) in [5.74, 6) is 0.471. The zero-order chi connectivity index (χ0) is 22.1. The van der Waals surface area contributed by atoms with Gasteiger partial charge in [-0.1, -0.05) is 30.8 Å². The van der Waals surface area contributed by atoms with Crippen molar-refractivity contribution >= 4 is 40.4 Å². The maximum Gasteiger partial charge on any atom is 0.269 e. The molecule has 2 N–H and O–H groups in total. The third-order valence-electron chi connectivity index (χ3n) is 5.59. The van der Waals surface area contributed by atoms with Gasteiger partial charge < -0.3 is 14.8 Å². The van der Waals surface area contributed by atoms with Crippen molar-refractivity contribution in [3.05, 3.63) is 65.4 Å². The number of halogens is 1. The van der Waals surface area contributed by atoms with Crippen molar-refractivity contribution in [3.8, 4) is 0 Å². The Labute approximate surface area is 184 Å². The van der Waals surface area contributed by atoms with Crippen molar-refractivity contribution in [1.82, 2.24) is 30.0 Å². The summed E-state index contributed by atoms with van der Waals surface area (Å²) >= 11 is 6.22. The number of aromatic amines is 1. The first-order chi connectivity index (χ1) is 14.9. The average molecular weight is 439 g/mol. The van der Waals surface area contributed by atoms with Crippen molar-refractivity contribution in [3.63, 3.8) is 0 Å². The van der Waals surface area contributed by atoms with Gasteiger partial charge in [0, 0.05) is 37.6 Å². The standard InChI is InChI=1S/C22H23ClN6O2/c1-4-13-8-15-17(26-27-18(15)9-16(13)23)6-7-20-24-10-19(28(20)3)22(31)25-14-11-29(12-14)21(30)5-2/h4-5,8-10,14H,1-2,6-7,11-12H2,3H3,(H,25,31)(H,26,27). The molecule has 8 nitrogen and oxygen atoms in total. The van der Waals surface area contributed by atoms with Crippen LogP contribution in [0.5, 0.6) is 0 Å². The van der Waals surface area contributed by atoms with E-state index >= 15 is 0 Å². The smallest absolute Gasteiger partial charge is 0.269 e. The van der Waals surface area contributed by atoms with E-state index in [0.29, 0.717) is 36.6 Å². The molecular formula is C22H23ClN6O2. The summed E-state index contributed by atoms with van der Waals surface area (Å²) in [7, 11) is 1.83. The highest BCUT2D eigenvalue weighted by Crippen LogP contribution is 2.26. The second kappa shape index (κ2) is 8.39. The first-order valence-corrected chi connectivity index (χ1v) is 10.3. The molecule has 31 heavy (non-hydrogen) atoms. The maximum atomic E-state index is 12.6. The topological polar surface area (TPSA) is 95.9 Å². The lowest BCUT2D eigenvalue weighted by molar-refractivity contribution is -0.130. The first kappa shape index (κ1) is 20.9. The zero-order valence-corrected chi connectivity index (χ0v) is 17.9. The number of fused-ring (bicyclic) bond motifs is 1. The fourth-order valence-corrected chi connectivity index (χ4v) is 3.95. The van der Waals surface area contributed by atoms with E-state index in [0.717, 1.165) is 28.0 Å². The molecule has 2 aromatic heterocycles. The van der Waals surface area contributed by atoms with Gasteiger partial charge >= 0.3 is 0 Å². The van der Waals surface area contributed by atoms with Gasteiger partial charge in [0.2, 0.25) is 5.91 Å². The lowest BCUT2D eigenvalue weighted by Gasteiger charge is -2.38. The number of hydrogen-bond acceptors (Lipinski definition) is 4. The molecule has 9 heteroatoms. The van der Waals surface area contributed by atoms with Gasteiger partial charge in [-0.3, -0.25) is 14.7 Å². The highest BCUT2D eigenvalue weighted by Gasteiger charge is 2.31. The molecule has 1 aromatic carbocycles. The van der Waals surface area contributed by atoms with Gasteiger partial charge in [-0.05, 0) is 30.2 Å².